The van der Waals surface area contributed by atoms with E-state index in [1.54, 1.807) is 33.3 Å². The topological polar surface area (TPSA) is 89.9 Å². The summed E-state index contributed by atoms with van der Waals surface area (Å²) in [5, 5.41) is 6.25. The van der Waals surface area contributed by atoms with E-state index in [1.165, 1.54) is 5.01 Å². The van der Waals surface area contributed by atoms with Crippen LogP contribution in [0.2, 0.25) is 0 Å². The summed E-state index contributed by atoms with van der Waals surface area (Å²) in [6.45, 7) is 6.56. The van der Waals surface area contributed by atoms with Crippen LogP contribution < -0.4 is 14.2 Å². The minimum absolute atomic E-state index is 0.0934. The van der Waals surface area contributed by atoms with Gasteiger partial charge in [0.15, 0.2) is 11.5 Å². The Hall–Kier alpha value is -3.59. The molecule has 2 amide bonds. The summed E-state index contributed by atoms with van der Waals surface area (Å²) < 4.78 is 21.4. The van der Waals surface area contributed by atoms with Gasteiger partial charge in [-0.3, -0.25) is 9.59 Å². The summed E-state index contributed by atoms with van der Waals surface area (Å²) in [5.74, 6) is 1.54. The number of amides is 2. The van der Waals surface area contributed by atoms with Gasteiger partial charge in [-0.05, 0) is 52.9 Å². The van der Waals surface area contributed by atoms with Crippen LogP contribution in [-0.4, -0.2) is 75.6 Å². The summed E-state index contributed by atoms with van der Waals surface area (Å²) >= 11 is 0. The first-order valence-corrected chi connectivity index (χ1v) is 12.6. The van der Waals surface area contributed by atoms with Crippen molar-refractivity contribution in [1.29, 1.82) is 0 Å². The predicted octanol–water partition coefficient (Wildman–Crippen LogP) is 4.30. The summed E-state index contributed by atoms with van der Waals surface area (Å²) in [4.78, 5) is 28.4. The molecule has 2 aromatic carbocycles. The van der Waals surface area contributed by atoms with Crippen molar-refractivity contribution in [2.75, 3.05) is 48.1 Å². The van der Waals surface area contributed by atoms with E-state index in [-0.39, 0.29) is 29.8 Å². The lowest BCUT2D eigenvalue weighted by Gasteiger charge is -2.29. The molecule has 0 saturated carbocycles. The van der Waals surface area contributed by atoms with Crippen LogP contribution in [0.3, 0.4) is 0 Å². The number of carbonyl (C=O) groups excluding carboxylic acids is 2. The molecule has 9 heteroatoms. The van der Waals surface area contributed by atoms with Crippen molar-refractivity contribution in [3.63, 3.8) is 0 Å². The molecule has 1 aliphatic heterocycles. The number of nitrogens with zero attached hydrogens (tertiary/aromatic N) is 3. The van der Waals surface area contributed by atoms with E-state index < -0.39 is 0 Å². The number of hydrazone groups is 1. The molecule has 0 radical (unpaired) electrons. The van der Waals surface area contributed by atoms with Gasteiger partial charge < -0.3 is 23.8 Å². The lowest BCUT2D eigenvalue weighted by Crippen LogP contribution is -2.43. The van der Waals surface area contributed by atoms with Gasteiger partial charge in [0.2, 0.25) is 5.91 Å². The van der Waals surface area contributed by atoms with E-state index in [2.05, 4.69) is 0 Å². The Bertz CT molecular complexity index is 1140. The zero-order chi connectivity index (χ0) is 27.9. The zero-order valence-electron chi connectivity index (χ0n) is 23.4. The van der Waals surface area contributed by atoms with Gasteiger partial charge in [0, 0.05) is 26.5 Å². The maximum atomic E-state index is 13.7. The average Bonchev–Trinajstić information content (AvgIpc) is 3.35. The minimum atomic E-state index is -0.374. The van der Waals surface area contributed by atoms with Crippen molar-refractivity contribution in [2.24, 2.45) is 10.5 Å². The van der Waals surface area contributed by atoms with E-state index >= 15 is 0 Å². The number of benzene rings is 2. The highest BCUT2D eigenvalue weighted by Gasteiger charge is 2.35. The lowest BCUT2D eigenvalue weighted by atomic mass is 9.91. The van der Waals surface area contributed by atoms with E-state index in [9.17, 15) is 9.59 Å². The molecular formula is C29H39N3O6. The van der Waals surface area contributed by atoms with Gasteiger partial charge in [-0.25, -0.2) is 5.01 Å². The molecule has 9 nitrogen and oxygen atoms in total. The molecule has 0 saturated heterocycles. The normalized spacial score (nSPS) is 15.2. The van der Waals surface area contributed by atoms with Gasteiger partial charge in [-0.15, -0.1) is 0 Å². The molecule has 0 aliphatic carbocycles. The van der Waals surface area contributed by atoms with E-state index in [1.807, 2.05) is 63.2 Å². The van der Waals surface area contributed by atoms with Crippen molar-refractivity contribution in [1.82, 2.24) is 9.91 Å². The van der Waals surface area contributed by atoms with Gasteiger partial charge in [0.25, 0.3) is 5.91 Å². The van der Waals surface area contributed by atoms with E-state index in [4.69, 9.17) is 24.0 Å². The zero-order valence-corrected chi connectivity index (χ0v) is 23.4. The van der Waals surface area contributed by atoms with Crippen molar-refractivity contribution in [2.45, 2.75) is 39.7 Å². The van der Waals surface area contributed by atoms with Crippen LogP contribution in [0.4, 0.5) is 0 Å². The van der Waals surface area contributed by atoms with Crippen molar-refractivity contribution in [3.8, 4) is 17.2 Å². The summed E-state index contributed by atoms with van der Waals surface area (Å²) in [5.41, 5.74) is 2.31. The van der Waals surface area contributed by atoms with Crippen LogP contribution in [-0.2, 0) is 14.3 Å². The average molecular weight is 526 g/mol. The molecule has 2 aromatic rings. The molecule has 0 bridgehead atoms. The highest BCUT2D eigenvalue weighted by atomic mass is 16.5. The molecule has 0 aromatic heterocycles. The molecule has 206 valence electrons. The monoisotopic (exact) mass is 525 g/mol. The Balaban J connectivity index is 1.95. The number of hydrogen-bond donors (Lipinski definition) is 0. The molecule has 1 heterocycles. The third-order valence-corrected chi connectivity index (χ3v) is 6.31. The Morgan fingerprint density at radius 3 is 2.24 bits per heavy atom. The number of methoxy groups -OCH3 is 4. The molecule has 1 aliphatic rings. The molecule has 0 unspecified atom stereocenters. The van der Waals surface area contributed by atoms with E-state index in [0.717, 1.165) is 22.6 Å². The fourth-order valence-electron chi connectivity index (χ4n) is 4.31. The largest absolute Gasteiger partial charge is 0.497 e. The molecule has 0 fully saturated rings. The predicted molar refractivity (Wildman–Crippen MR) is 146 cm³/mol. The van der Waals surface area contributed by atoms with E-state index in [0.29, 0.717) is 37.5 Å². The van der Waals surface area contributed by atoms with Crippen LogP contribution in [0.25, 0.3) is 0 Å². The molecule has 38 heavy (non-hydrogen) atoms. The third kappa shape index (κ3) is 7.25. The van der Waals surface area contributed by atoms with Crippen LogP contribution in [0, 0.1) is 5.41 Å². The molecule has 1 atom stereocenters. The highest BCUT2D eigenvalue weighted by molar-refractivity contribution is 6.03. The third-order valence-electron chi connectivity index (χ3n) is 6.31. The Morgan fingerprint density at radius 2 is 1.66 bits per heavy atom. The van der Waals surface area contributed by atoms with Gasteiger partial charge in [0.05, 0.1) is 39.7 Å². The fraction of sp³-hybridized carbons (Fsp3) is 0.483. The van der Waals surface area contributed by atoms with Gasteiger partial charge in [-0.2, -0.15) is 5.10 Å². The molecule has 3 rings (SSSR count). The van der Waals surface area contributed by atoms with Gasteiger partial charge >= 0.3 is 0 Å². The first-order chi connectivity index (χ1) is 18.1. The standard InChI is InChI=1S/C29H39N3O6/c1-29(2,3)18-27(33)31(14-15-35-4)19-28(34)32-24(21-10-13-25(37-6)26(16-21)38-7)17-23(30-32)20-8-11-22(36-5)12-9-20/h8-13,16,24H,14-15,17-19H2,1-7H3/t24-/m0/s1. The number of carbonyl (C=O) groups is 2. The Labute approximate surface area is 225 Å². The summed E-state index contributed by atoms with van der Waals surface area (Å²) in [6.07, 6.45) is 0.824. The maximum absolute atomic E-state index is 13.7. The molecule has 0 N–H and O–H groups in total. The molecule has 0 spiro atoms. The first kappa shape index (κ1) is 29.0. The van der Waals surface area contributed by atoms with Crippen LogP contribution in [0.1, 0.15) is 50.8 Å². The van der Waals surface area contributed by atoms with Crippen LogP contribution >= 0.6 is 0 Å². The SMILES string of the molecule is COCCN(CC(=O)N1N=C(c2ccc(OC)cc2)C[C@H]1c1ccc(OC)c(OC)c1)C(=O)CC(C)(C)C. The van der Waals surface area contributed by atoms with Gasteiger partial charge in [0.1, 0.15) is 12.3 Å². The van der Waals surface area contributed by atoms with Crippen LogP contribution in [0.15, 0.2) is 47.6 Å². The highest BCUT2D eigenvalue weighted by Crippen LogP contribution is 2.37. The number of rotatable bonds is 11. The minimum Gasteiger partial charge on any atom is -0.497 e. The maximum Gasteiger partial charge on any atom is 0.262 e. The smallest absolute Gasteiger partial charge is 0.262 e. The van der Waals surface area contributed by atoms with Crippen molar-refractivity contribution in [3.05, 3.63) is 53.6 Å². The first-order valence-electron chi connectivity index (χ1n) is 12.6. The van der Waals surface area contributed by atoms with Gasteiger partial charge in [-0.1, -0.05) is 26.8 Å². The second-order valence-electron chi connectivity index (χ2n) is 10.4. The lowest BCUT2D eigenvalue weighted by molar-refractivity contribution is -0.143. The second-order valence-corrected chi connectivity index (χ2v) is 10.4. The summed E-state index contributed by atoms with van der Waals surface area (Å²) in [7, 11) is 6.35. The molecular weight excluding hydrogens is 486 g/mol. The van der Waals surface area contributed by atoms with Crippen molar-refractivity contribution < 1.29 is 28.5 Å². The number of hydrogen-bond acceptors (Lipinski definition) is 7. The number of ether oxygens (including phenoxy) is 4. The quantitative estimate of drug-likeness (QED) is 0.435. The van der Waals surface area contributed by atoms with Crippen molar-refractivity contribution >= 4 is 17.5 Å². The van der Waals surface area contributed by atoms with Crippen LogP contribution in [0.5, 0.6) is 17.2 Å². The Morgan fingerprint density at radius 1 is 0.974 bits per heavy atom. The fourth-order valence-corrected chi connectivity index (χ4v) is 4.31. The Kier molecular flexibility index (Phi) is 9.74. The summed E-state index contributed by atoms with van der Waals surface area (Å²) in [6, 6.07) is 12.8. The second kappa shape index (κ2) is 12.8.